The summed E-state index contributed by atoms with van der Waals surface area (Å²) in [6.07, 6.45) is 6.80. The third-order valence-electron chi connectivity index (χ3n) is 9.07. The first-order valence-electron chi connectivity index (χ1n) is 12.5. The Morgan fingerprint density at radius 1 is 1.22 bits per heavy atom. The Morgan fingerprint density at radius 2 is 1.97 bits per heavy atom. The number of rotatable bonds is 5. The molecule has 2 aromatic rings. The molecule has 1 aromatic carbocycles. The molecule has 5 atom stereocenters. The molecule has 1 saturated heterocycles. The number of carbonyl (C=O) groups excluding carboxylic acids is 1. The van der Waals surface area contributed by atoms with E-state index in [-0.39, 0.29) is 49.4 Å². The fourth-order valence-corrected chi connectivity index (χ4v) is 7.49. The molecule has 2 saturated carbocycles. The highest BCUT2D eigenvalue weighted by molar-refractivity contribution is 5.86. The van der Waals surface area contributed by atoms with E-state index in [2.05, 4.69) is 46.7 Å². The van der Waals surface area contributed by atoms with E-state index >= 15 is 0 Å². The molecule has 2 aliphatic heterocycles. The Kier molecular flexibility index (Phi) is 8.94. The number of benzene rings is 1. The van der Waals surface area contributed by atoms with Gasteiger partial charge in [0.1, 0.15) is 5.82 Å². The zero-order valence-electron chi connectivity index (χ0n) is 21.0. The highest BCUT2D eigenvalue weighted by atomic mass is 35.5. The van der Waals surface area contributed by atoms with Gasteiger partial charge in [-0.05, 0) is 44.6 Å². The van der Waals surface area contributed by atoms with Crippen LogP contribution in [0.1, 0.15) is 67.0 Å². The van der Waals surface area contributed by atoms with Gasteiger partial charge in [0, 0.05) is 54.8 Å². The molecule has 4 unspecified atom stereocenters. The Balaban J connectivity index is 0.00000120. The van der Waals surface area contributed by atoms with E-state index < -0.39 is 0 Å². The monoisotopic (exact) mass is 557 g/mol. The number of amides is 1. The predicted octanol–water partition coefficient (Wildman–Crippen LogP) is 4.84. The lowest BCUT2D eigenvalue weighted by molar-refractivity contribution is -0.188. The Labute approximate surface area is 232 Å². The van der Waals surface area contributed by atoms with E-state index in [9.17, 15) is 4.79 Å². The van der Waals surface area contributed by atoms with E-state index in [1.54, 1.807) is 4.90 Å². The van der Waals surface area contributed by atoms with Crippen LogP contribution in [-0.2, 0) is 17.7 Å². The number of aryl methyl sites for hydroxylation is 1. The van der Waals surface area contributed by atoms with Gasteiger partial charge >= 0.3 is 6.09 Å². The van der Waals surface area contributed by atoms with Gasteiger partial charge in [0.15, 0.2) is 0 Å². The van der Waals surface area contributed by atoms with E-state index in [4.69, 9.17) is 15.5 Å². The summed E-state index contributed by atoms with van der Waals surface area (Å²) in [6, 6.07) is 12.5. The number of likely N-dealkylation sites (tertiary alicyclic amines) is 1. The minimum absolute atomic E-state index is 0. The molecule has 4 aliphatic rings. The fourth-order valence-electron chi connectivity index (χ4n) is 7.49. The molecule has 1 aromatic heterocycles. The predicted molar refractivity (Wildman–Crippen MR) is 147 cm³/mol. The number of ether oxygens (including phenoxy) is 1. The number of methoxy groups -OCH3 is 1. The molecule has 6 rings (SSSR count). The van der Waals surface area contributed by atoms with Crippen LogP contribution in [0, 0.1) is 12.3 Å². The van der Waals surface area contributed by atoms with Gasteiger partial charge in [0.2, 0.25) is 0 Å². The largest absolute Gasteiger partial charge is 0.453 e. The summed E-state index contributed by atoms with van der Waals surface area (Å²) in [7, 11) is 1.45. The second kappa shape index (κ2) is 11.1. The van der Waals surface area contributed by atoms with E-state index in [0.29, 0.717) is 30.6 Å². The number of nitrogens with zero attached hydrogens (tertiary/aromatic N) is 4. The van der Waals surface area contributed by atoms with Gasteiger partial charge in [-0.2, -0.15) is 0 Å². The molecular formula is C26H38Cl3N5O2. The van der Waals surface area contributed by atoms with Crippen LogP contribution in [0.3, 0.4) is 0 Å². The summed E-state index contributed by atoms with van der Waals surface area (Å²) in [5.74, 6) is 1.10. The summed E-state index contributed by atoms with van der Waals surface area (Å²) in [5, 5.41) is 0. The second-order valence-electron chi connectivity index (χ2n) is 10.5. The summed E-state index contributed by atoms with van der Waals surface area (Å²) in [5.41, 5.74) is 10.7. The van der Waals surface area contributed by atoms with Crippen LogP contribution in [-0.4, -0.2) is 57.7 Å². The topological polar surface area (TPSA) is 76.6 Å². The van der Waals surface area contributed by atoms with Crippen LogP contribution in [0.25, 0.3) is 0 Å². The minimum Gasteiger partial charge on any atom is -0.453 e. The standard InChI is InChI=1S/C26H35N5O2.3ClH/c1-17-28-21-16-29(25(32)33-2)12-10-22(21)31(17)19-14-24-26(15-19)11-8-23(26)30(24)13-9-20(27)18-6-4-3-5-7-18;;;/h3-7,19-20,23-24H,8-16,27H2,1-2H3;3*1H/t19?,20-,23?,24?,26?;;;/m0.../s1. The molecule has 3 fully saturated rings. The Morgan fingerprint density at radius 3 is 2.64 bits per heavy atom. The number of fused-ring (bicyclic) bond motifs is 1. The summed E-state index contributed by atoms with van der Waals surface area (Å²) >= 11 is 0. The molecule has 200 valence electrons. The summed E-state index contributed by atoms with van der Waals surface area (Å²) in [6.45, 7) is 4.49. The van der Waals surface area contributed by atoms with Crippen molar-refractivity contribution in [1.29, 1.82) is 0 Å². The minimum atomic E-state index is -0.257. The van der Waals surface area contributed by atoms with Crippen LogP contribution in [0.4, 0.5) is 4.79 Å². The number of halogens is 3. The van der Waals surface area contributed by atoms with Crippen LogP contribution in [0.15, 0.2) is 30.3 Å². The van der Waals surface area contributed by atoms with Crippen molar-refractivity contribution in [1.82, 2.24) is 19.4 Å². The molecule has 3 heterocycles. The van der Waals surface area contributed by atoms with Crippen molar-refractivity contribution in [2.24, 2.45) is 11.1 Å². The van der Waals surface area contributed by atoms with Gasteiger partial charge in [0.05, 0.1) is 19.3 Å². The zero-order chi connectivity index (χ0) is 22.7. The van der Waals surface area contributed by atoms with Crippen molar-refractivity contribution in [2.75, 3.05) is 20.2 Å². The van der Waals surface area contributed by atoms with Crippen molar-refractivity contribution >= 4 is 43.3 Å². The number of hydrogen-bond acceptors (Lipinski definition) is 5. The fraction of sp³-hybridized carbons (Fsp3) is 0.615. The molecule has 7 nitrogen and oxygen atoms in total. The van der Waals surface area contributed by atoms with Crippen LogP contribution in [0.5, 0.6) is 0 Å². The highest BCUT2D eigenvalue weighted by Gasteiger charge is 2.69. The summed E-state index contributed by atoms with van der Waals surface area (Å²) in [4.78, 5) is 21.4. The first-order chi connectivity index (χ1) is 16.0. The van der Waals surface area contributed by atoms with Gasteiger partial charge in [-0.1, -0.05) is 30.3 Å². The maximum Gasteiger partial charge on any atom is 0.409 e. The quantitative estimate of drug-likeness (QED) is 0.568. The summed E-state index contributed by atoms with van der Waals surface area (Å²) < 4.78 is 7.46. The average molecular weight is 559 g/mol. The van der Waals surface area contributed by atoms with Crippen molar-refractivity contribution in [3.8, 4) is 0 Å². The Hall–Kier alpha value is -1.51. The van der Waals surface area contributed by atoms with Gasteiger partial charge in [-0.3, -0.25) is 4.90 Å². The SMILES string of the molecule is COC(=O)N1CCc2c(nc(C)n2C2CC3N(CC[C@H](N)c4ccccc4)C4CCC43C2)C1.Cl.Cl.Cl. The van der Waals surface area contributed by atoms with Gasteiger partial charge in [0.25, 0.3) is 0 Å². The molecule has 1 amide bonds. The molecular weight excluding hydrogens is 521 g/mol. The molecule has 1 spiro atoms. The highest BCUT2D eigenvalue weighted by Crippen LogP contribution is 2.67. The normalized spacial score (nSPS) is 28.5. The number of carbonyl (C=O) groups is 1. The van der Waals surface area contributed by atoms with Crippen LogP contribution < -0.4 is 5.73 Å². The number of piperidine rings is 1. The van der Waals surface area contributed by atoms with Crippen molar-refractivity contribution in [3.63, 3.8) is 0 Å². The molecule has 2 aliphatic carbocycles. The van der Waals surface area contributed by atoms with Crippen molar-refractivity contribution < 1.29 is 9.53 Å². The zero-order valence-corrected chi connectivity index (χ0v) is 23.4. The number of imidazole rings is 1. The number of nitrogens with two attached hydrogens (primary N) is 1. The van der Waals surface area contributed by atoms with Crippen molar-refractivity contribution in [3.05, 3.63) is 53.1 Å². The first-order valence-corrected chi connectivity index (χ1v) is 12.5. The lowest BCUT2D eigenvalue weighted by Gasteiger charge is -2.68. The lowest BCUT2D eigenvalue weighted by Crippen LogP contribution is -2.74. The molecule has 2 N–H and O–H groups in total. The van der Waals surface area contributed by atoms with Crippen LogP contribution >= 0.6 is 37.2 Å². The maximum absolute atomic E-state index is 12.0. The molecule has 10 heteroatoms. The smallest absolute Gasteiger partial charge is 0.409 e. The van der Waals surface area contributed by atoms with E-state index in [1.165, 1.54) is 44.1 Å². The number of aromatic nitrogens is 2. The number of hydrogen-bond donors (Lipinski definition) is 1. The van der Waals surface area contributed by atoms with E-state index in [0.717, 1.165) is 36.9 Å². The Bertz CT molecular complexity index is 1070. The average Bonchev–Trinajstić information content (AvgIpc) is 3.37. The van der Waals surface area contributed by atoms with Crippen molar-refractivity contribution in [2.45, 2.75) is 76.2 Å². The van der Waals surface area contributed by atoms with Gasteiger partial charge < -0.3 is 19.9 Å². The third-order valence-corrected chi connectivity index (χ3v) is 9.07. The molecule has 36 heavy (non-hydrogen) atoms. The lowest BCUT2D eigenvalue weighted by atomic mass is 9.53. The van der Waals surface area contributed by atoms with Crippen LogP contribution in [0.2, 0.25) is 0 Å². The maximum atomic E-state index is 12.0. The molecule has 0 bridgehead atoms. The van der Waals surface area contributed by atoms with Gasteiger partial charge in [-0.25, -0.2) is 9.78 Å². The third kappa shape index (κ3) is 4.41. The van der Waals surface area contributed by atoms with Gasteiger partial charge in [-0.15, -0.1) is 37.2 Å². The second-order valence-corrected chi connectivity index (χ2v) is 10.5. The first kappa shape index (κ1) is 29.1. The molecule has 0 radical (unpaired) electrons. The van der Waals surface area contributed by atoms with E-state index in [1.807, 2.05) is 0 Å².